The highest BCUT2D eigenvalue weighted by Crippen LogP contribution is 2.28. The third-order valence-corrected chi connectivity index (χ3v) is 3.99. The van der Waals surface area contributed by atoms with Gasteiger partial charge in [-0.3, -0.25) is 0 Å². The minimum atomic E-state index is 0.0608. The van der Waals surface area contributed by atoms with Crippen molar-refractivity contribution >= 4 is 0 Å². The molecular formula is C17H24O. The van der Waals surface area contributed by atoms with Crippen molar-refractivity contribution in [1.82, 2.24) is 0 Å². The Bertz CT molecular complexity index is 350. The van der Waals surface area contributed by atoms with Gasteiger partial charge < -0.3 is 4.74 Å². The Labute approximate surface area is 111 Å². The lowest BCUT2D eigenvalue weighted by molar-refractivity contribution is 0.112. The van der Waals surface area contributed by atoms with Crippen molar-refractivity contribution in [3.63, 3.8) is 0 Å². The van der Waals surface area contributed by atoms with E-state index in [9.17, 15) is 0 Å². The average molecular weight is 244 g/mol. The van der Waals surface area contributed by atoms with Gasteiger partial charge in [0.15, 0.2) is 6.10 Å². The monoisotopic (exact) mass is 244 g/mol. The highest BCUT2D eigenvalue weighted by molar-refractivity contribution is 5.31. The molecule has 2 aliphatic rings. The van der Waals surface area contributed by atoms with E-state index in [4.69, 9.17) is 4.74 Å². The predicted octanol–water partition coefficient (Wildman–Crippen LogP) is 4.60. The summed E-state index contributed by atoms with van der Waals surface area (Å²) in [5.74, 6) is 7.30. The maximum atomic E-state index is 5.64. The largest absolute Gasteiger partial charge is 0.486 e. The summed E-state index contributed by atoms with van der Waals surface area (Å²) in [4.78, 5) is 0. The molecule has 0 saturated heterocycles. The highest BCUT2D eigenvalue weighted by atomic mass is 16.5. The molecule has 0 aliphatic heterocycles. The van der Waals surface area contributed by atoms with Crippen molar-refractivity contribution in [3.8, 4) is 11.8 Å². The van der Waals surface area contributed by atoms with Crippen LogP contribution in [-0.4, -0.2) is 6.10 Å². The van der Waals surface area contributed by atoms with E-state index in [2.05, 4.69) is 24.5 Å². The molecule has 1 unspecified atom stereocenters. The van der Waals surface area contributed by atoms with Crippen LogP contribution in [0.1, 0.15) is 57.8 Å². The molecule has 0 aromatic heterocycles. The number of hydrogen-bond donors (Lipinski definition) is 0. The Morgan fingerprint density at radius 2 is 2.06 bits per heavy atom. The molecule has 2 rings (SSSR count). The smallest absolute Gasteiger partial charge is 0.161 e. The molecule has 0 amide bonds. The molecule has 0 heterocycles. The van der Waals surface area contributed by atoms with Gasteiger partial charge in [-0.1, -0.05) is 43.8 Å². The lowest BCUT2D eigenvalue weighted by atomic mass is 9.85. The average Bonchev–Trinajstić information content (AvgIpc) is 2.45. The fourth-order valence-electron chi connectivity index (χ4n) is 2.92. The zero-order chi connectivity index (χ0) is 12.6. The summed E-state index contributed by atoms with van der Waals surface area (Å²) < 4.78 is 5.64. The fraction of sp³-hybridized carbons (Fsp3) is 0.647. The minimum Gasteiger partial charge on any atom is -0.486 e. The van der Waals surface area contributed by atoms with Gasteiger partial charge in [0, 0.05) is 5.92 Å². The Hall–Kier alpha value is -1.16. The summed E-state index contributed by atoms with van der Waals surface area (Å²) in [6, 6.07) is 0. The first-order valence-electron chi connectivity index (χ1n) is 7.37. The van der Waals surface area contributed by atoms with Gasteiger partial charge in [-0.25, -0.2) is 0 Å². The molecule has 18 heavy (non-hydrogen) atoms. The molecule has 0 aromatic rings. The standard InChI is InChI=1S/C17H24O/c1-2-18-17(16-11-7-4-8-12-16)14-13-15-9-5-3-6-10-15/h2,9,16-17H,1,3-8,10-12H2. The van der Waals surface area contributed by atoms with E-state index in [0.717, 1.165) is 6.42 Å². The predicted molar refractivity (Wildman–Crippen MR) is 76.0 cm³/mol. The summed E-state index contributed by atoms with van der Waals surface area (Å²) in [5.41, 5.74) is 1.31. The van der Waals surface area contributed by atoms with Crippen molar-refractivity contribution < 1.29 is 4.74 Å². The van der Waals surface area contributed by atoms with Crippen molar-refractivity contribution in [3.05, 3.63) is 24.5 Å². The molecule has 1 heteroatoms. The molecule has 1 fully saturated rings. The first-order chi connectivity index (χ1) is 8.90. The summed E-state index contributed by atoms with van der Waals surface area (Å²) in [5, 5.41) is 0. The quantitative estimate of drug-likeness (QED) is 0.521. The lowest BCUT2D eigenvalue weighted by Crippen LogP contribution is -2.23. The Morgan fingerprint density at radius 1 is 1.22 bits per heavy atom. The SMILES string of the molecule is C=COC(C#CC1=CCCCC1)C1CCCCC1. The van der Waals surface area contributed by atoms with Gasteiger partial charge in [0.05, 0.1) is 6.26 Å². The van der Waals surface area contributed by atoms with Gasteiger partial charge in [0.2, 0.25) is 0 Å². The molecule has 1 atom stereocenters. The maximum Gasteiger partial charge on any atom is 0.161 e. The second-order valence-electron chi connectivity index (χ2n) is 5.37. The minimum absolute atomic E-state index is 0.0608. The van der Waals surface area contributed by atoms with E-state index in [1.54, 1.807) is 6.26 Å². The van der Waals surface area contributed by atoms with E-state index in [0.29, 0.717) is 5.92 Å². The third kappa shape index (κ3) is 3.95. The van der Waals surface area contributed by atoms with Crippen molar-refractivity contribution in [2.75, 3.05) is 0 Å². The molecule has 0 spiro atoms. The summed E-state index contributed by atoms with van der Waals surface area (Å²) in [6.07, 6.45) is 15.4. The Morgan fingerprint density at radius 3 is 2.72 bits per heavy atom. The Balaban J connectivity index is 1.98. The van der Waals surface area contributed by atoms with Crippen LogP contribution in [0.5, 0.6) is 0 Å². The Kier molecular flexibility index (Phi) is 5.39. The van der Waals surface area contributed by atoms with E-state index >= 15 is 0 Å². The third-order valence-electron chi connectivity index (χ3n) is 3.99. The van der Waals surface area contributed by atoms with Crippen molar-refractivity contribution in [2.45, 2.75) is 63.9 Å². The summed E-state index contributed by atoms with van der Waals surface area (Å²) >= 11 is 0. The van der Waals surface area contributed by atoms with Crippen LogP contribution in [0.15, 0.2) is 24.5 Å². The van der Waals surface area contributed by atoms with E-state index in [1.165, 1.54) is 56.9 Å². The molecule has 0 N–H and O–H groups in total. The number of rotatable bonds is 3. The highest BCUT2D eigenvalue weighted by Gasteiger charge is 2.22. The van der Waals surface area contributed by atoms with Crippen LogP contribution in [-0.2, 0) is 4.74 Å². The molecule has 1 saturated carbocycles. The van der Waals surface area contributed by atoms with Crippen LogP contribution >= 0.6 is 0 Å². The fourth-order valence-corrected chi connectivity index (χ4v) is 2.92. The van der Waals surface area contributed by atoms with Crippen LogP contribution in [0.25, 0.3) is 0 Å². The molecule has 0 aromatic carbocycles. The van der Waals surface area contributed by atoms with Gasteiger partial charge in [-0.15, -0.1) is 0 Å². The lowest BCUT2D eigenvalue weighted by Gasteiger charge is -2.26. The van der Waals surface area contributed by atoms with Crippen LogP contribution in [0.2, 0.25) is 0 Å². The summed E-state index contributed by atoms with van der Waals surface area (Å²) in [7, 11) is 0. The van der Waals surface area contributed by atoms with Crippen LogP contribution in [0.4, 0.5) is 0 Å². The number of hydrogen-bond acceptors (Lipinski definition) is 1. The van der Waals surface area contributed by atoms with E-state index < -0.39 is 0 Å². The van der Waals surface area contributed by atoms with Gasteiger partial charge in [-0.05, 0) is 44.1 Å². The van der Waals surface area contributed by atoms with Crippen LogP contribution < -0.4 is 0 Å². The number of allylic oxidation sites excluding steroid dienone is 2. The maximum absolute atomic E-state index is 5.64. The van der Waals surface area contributed by atoms with Crippen molar-refractivity contribution in [2.24, 2.45) is 5.92 Å². The second-order valence-corrected chi connectivity index (χ2v) is 5.37. The van der Waals surface area contributed by atoms with Gasteiger partial charge in [-0.2, -0.15) is 0 Å². The second kappa shape index (κ2) is 7.31. The van der Waals surface area contributed by atoms with E-state index in [-0.39, 0.29) is 6.10 Å². The van der Waals surface area contributed by atoms with Gasteiger partial charge >= 0.3 is 0 Å². The first kappa shape index (κ1) is 13.3. The molecule has 0 radical (unpaired) electrons. The normalized spacial score (nSPS) is 22.3. The zero-order valence-corrected chi connectivity index (χ0v) is 11.3. The van der Waals surface area contributed by atoms with E-state index in [1.807, 2.05) is 0 Å². The van der Waals surface area contributed by atoms with Gasteiger partial charge in [0.25, 0.3) is 0 Å². The molecule has 98 valence electrons. The van der Waals surface area contributed by atoms with Gasteiger partial charge in [0.1, 0.15) is 0 Å². The molecule has 0 bridgehead atoms. The number of ether oxygens (including phenoxy) is 1. The van der Waals surface area contributed by atoms with Crippen LogP contribution in [0.3, 0.4) is 0 Å². The van der Waals surface area contributed by atoms with Crippen LogP contribution in [0, 0.1) is 17.8 Å². The topological polar surface area (TPSA) is 9.23 Å². The summed E-state index contributed by atoms with van der Waals surface area (Å²) in [6.45, 7) is 3.69. The zero-order valence-electron chi connectivity index (χ0n) is 11.3. The first-order valence-corrected chi connectivity index (χ1v) is 7.37. The molecule has 1 nitrogen and oxygen atoms in total. The molecular weight excluding hydrogens is 220 g/mol. The van der Waals surface area contributed by atoms with Crippen molar-refractivity contribution in [1.29, 1.82) is 0 Å². The molecule has 2 aliphatic carbocycles.